The summed E-state index contributed by atoms with van der Waals surface area (Å²) in [6.07, 6.45) is 4.47. The average molecular weight is 312 g/mol. The predicted molar refractivity (Wildman–Crippen MR) is 72.8 cm³/mol. The Hall–Kier alpha value is -1.20. The van der Waals surface area contributed by atoms with Gasteiger partial charge in [0, 0.05) is 22.3 Å². The molecule has 1 aromatic carbocycles. The first-order valence-corrected chi connectivity index (χ1v) is 6.55. The van der Waals surface area contributed by atoms with Crippen LogP contribution < -0.4 is 5.73 Å². The third-order valence-corrected chi connectivity index (χ3v) is 3.09. The Morgan fingerprint density at radius 2 is 2.28 bits per heavy atom. The Morgan fingerprint density at radius 3 is 2.94 bits per heavy atom. The highest BCUT2D eigenvalue weighted by Crippen LogP contribution is 2.16. The van der Waals surface area contributed by atoms with Crippen LogP contribution in [-0.2, 0) is 13.0 Å². The van der Waals surface area contributed by atoms with Crippen molar-refractivity contribution in [1.29, 1.82) is 0 Å². The van der Waals surface area contributed by atoms with Crippen molar-refractivity contribution in [2.75, 3.05) is 0 Å². The highest BCUT2D eigenvalue weighted by Gasteiger charge is 2.06. The fraction of sp³-hybridized carbons (Fsp3) is 0.308. The zero-order valence-corrected chi connectivity index (χ0v) is 11.7. The Bertz CT molecular complexity index is 537. The Labute approximate surface area is 114 Å². The molecule has 0 fully saturated rings. The third-order valence-electron chi connectivity index (χ3n) is 2.59. The van der Waals surface area contributed by atoms with Gasteiger partial charge >= 0.3 is 0 Å². The van der Waals surface area contributed by atoms with Gasteiger partial charge in [-0.1, -0.05) is 22.0 Å². The maximum absolute atomic E-state index is 13.7. The van der Waals surface area contributed by atoms with Gasteiger partial charge in [-0.05, 0) is 31.0 Å². The molecule has 0 radical (unpaired) electrons. The maximum Gasteiger partial charge on any atom is 0.129 e. The quantitative estimate of drug-likeness (QED) is 0.943. The van der Waals surface area contributed by atoms with Crippen LogP contribution in [0.3, 0.4) is 0 Å². The topological polar surface area (TPSA) is 43.8 Å². The zero-order valence-electron chi connectivity index (χ0n) is 10.1. The van der Waals surface area contributed by atoms with Crippen LogP contribution in [0.25, 0.3) is 0 Å². The summed E-state index contributed by atoms with van der Waals surface area (Å²) in [7, 11) is 0. The summed E-state index contributed by atoms with van der Waals surface area (Å²) in [5.41, 5.74) is 7.42. The van der Waals surface area contributed by atoms with E-state index in [1.165, 1.54) is 6.07 Å². The predicted octanol–water partition coefficient (Wildman–Crippen LogP) is 2.72. The minimum atomic E-state index is -0.228. The molecule has 1 atom stereocenters. The largest absolute Gasteiger partial charge is 0.328 e. The SMILES string of the molecule is CC(N)Cc1cnn(Cc2ccc(Br)cc2F)c1. The number of benzene rings is 1. The molecule has 1 aromatic heterocycles. The van der Waals surface area contributed by atoms with Crippen molar-refractivity contribution in [1.82, 2.24) is 9.78 Å². The fourth-order valence-corrected chi connectivity index (χ4v) is 2.13. The number of nitrogens with two attached hydrogens (primary N) is 1. The molecule has 0 saturated carbocycles. The summed E-state index contributed by atoms with van der Waals surface area (Å²) in [6, 6.07) is 5.14. The van der Waals surface area contributed by atoms with E-state index in [1.54, 1.807) is 16.9 Å². The van der Waals surface area contributed by atoms with Crippen molar-refractivity contribution in [3.05, 3.63) is 52.0 Å². The minimum Gasteiger partial charge on any atom is -0.328 e. The van der Waals surface area contributed by atoms with Crippen LogP contribution in [0.2, 0.25) is 0 Å². The zero-order chi connectivity index (χ0) is 13.1. The van der Waals surface area contributed by atoms with Gasteiger partial charge < -0.3 is 5.73 Å². The maximum atomic E-state index is 13.7. The van der Waals surface area contributed by atoms with Gasteiger partial charge in [0.15, 0.2) is 0 Å². The van der Waals surface area contributed by atoms with Crippen molar-refractivity contribution < 1.29 is 4.39 Å². The lowest BCUT2D eigenvalue weighted by Gasteiger charge is -2.04. The van der Waals surface area contributed by atoms with Crippen LogP contribution in [0, 0.1) is 5.82 Å². The first-order chi connectivity index (χ1) is 8.54. The smallest absolute Gasteiger partial charge is 0.129 e. The second kappa shape index (κ2) is 5.63. The molecule has 3 nitrogen and oxygen atoms in total. The molecule has 0 aliphatic heterocycles. The van der Waals surface area contributed by atoms with Gasteiger partial charge in [-0.2, -0.15) is 5.10 Å². The Balaban J connectivity index is 2.11. The summed E-state index contributed by atoms with van der Waals surface area (Å²) >= 11 is 3.24. The molecule has 96 valence electrons. The standard InChI is InChI=1S/C13H15BrFN3/c1-9(16)4-10-6-17-18(7-10)8-11-2-3-12(14)5-13(11)15/h2-3,5-7,9H,4,8,16H2,1H3. The highest BCUT2D eigenvalue weighted by molar-refractivity contribution is 9.10. The molecule has 5 heteroatoms. The normalized spacial score (nSPS) is 12.7. The molecule has 0 aliphatic carbocycles. The first kappa shape index (κ1) is 13.2. The van der Waals surface area contributed by atoms with Crippen LogP contribution in [0.4, 0.5) is 4.39 Å². The van der Waals surface area contributed by atoms with Gasteiger partial charge in [-0.3, -0.25) is 4.68 Å². The number of nitrogens with zero attached hydrogens (tertiary/aromatic N) is 2. The number of hydrogen-bond acceptors (Lipinski definition) is 2. The van der Waals surface area contributed by atoms with Crippen LogP contribution >= 0.6 is 15.9 Å². The Morgan fingerprint density at radius 1 is 1.50 bits per heavy atom. The van der Waals surface area contributed by atoms with Crippen molar-refractivity contribution in [3.63, 3.8) is 0 Å². The fourth-order valence-electron chi connectivity index (χ4n) is 1.79. The third kappa shape index (κ3) is 3.40. The molecule has 2 rings (SSSR count). The number of rotatable bonds is 4. The van der Waals surface area contributed by atoms with Crippen molar-refractivity contribution in [2.24, 2.45) is 5.73 Å². The number of hydrogen-bond donors (Lipinski definition) is 1. The van der Waals surface area contributed by atoms with Crippen molar-refractivity contribution in [2.45, 2.75) is 25.9 Å². The van der Waals surface area contributed by atoms with Gasteiger partial charge in [0.05, 0.1) is 12.7 Å². The van der Waals surface area contributed by atoms with E-state index in [4.69, 9.17) is 5.73 Å². The van der Waals surface area contributed by atoms with Crippen LogP contribution in [0.5, 0.6) is 0 Å². The molecule has 0 bridgehead atoms. The van der Waals surface area contributed by atoms with E-state index >= 15 is 0 Å². The lowest BCUT2D eigenvalue weighted by molar-refractivity contribution is 0.584. The van der Waals surface area contributed by atoms with E-state index in [-0.39, 0.29) is 11.9 Å². The second-order valence-corrected chi connectivity index (χ2v) is 5.38. The monoisotopic (exact) mass is 311 g/mol. The van der Waals surface area contributed by atoms with E-state index < -0.39 is 0 Å². The summed E-state index contributed by atoms with van der Waals surface area (Å²) < 4.78 is 16.1. The van der Waals surface area contributed by atoms with Crippen molar-refractivity contribution in [3.8, 4) is 0 Å². The molecule has 2 aromatic rings. The molecular weight excluding hydrogens is 297 g/mol. The molecule has 1 unspecified atom stereocenters. The highest BCUT2D eigenvalue weighted by atomic mass is 79.9. The van der Waals surface area contributed by atoms with Gasteiger partial charge in [-0.25, -0.2) is 4.39 Å². The second-order valence-electron chi connectivity index (χ2n) is 4.46. The van der Waals surface area contributed by atoms with Gasteiger partial charge in [-0.15, -0.1) is 0 Å². The van der Waals surface area contributed by atoms with Gasteiger partial charge in [0.25, 0.3) is 0 Å². The molecular formula is C13H15BrFN3. The van der Waals surface area contributed by atoms with Gasteiger partial charge in [0.2, 0.25) is 0 Å². The Kier molecular flexibility index (Phi) is 4.14. The average Bonchev–Trinajstić information content (AvgIpc) is 2.69. The summed E-state index contributed by atoms with van der Waals surface area (Å²) in [5, 5.41) is 4.21. The van der Waals surface area contributed by atoms with Gasteiger partial charge in [0.1, 0.15) is 5.82 Å². The van der Waals surface area contributed by atoms with Crippen LogP contribution in [0.15, 0.2) is 35.1 Å². The summed E-state index contributed by atoms with van der Waals surface area (Å²) in [4.78, 5) is 0. The first-order valence-electron chi connectivity index (χ1n) is 5.75. The van der Waals surface area contributed by atoms with E-state index in [0.29, 0.717) is 12.1 Å². The summed E-state index contributed by atoms with van der Waals surface area (Å²) in [6.45, 7) is 2.38. The van der Waals surface area contributed by atoms with Crippen LogP contribution in [0.1, 0.15) is 18.1 Å². The lowest BCUT2D eigenvalue weighted by atomic mass is 10.1. The molecule has 0 aliphatic rings. The van der Waals surface area contributed by atoms with E-state index in [1.807, 2.05) is 19.2 Å². The molecule has 18 heavy (non-hydrogen) atoms. The molecule has 0 amide bonds. The van der Waals surface area contributed by atoms with E-state index in [9.17, 15) is 4.39 Å². The van der Waals surface area contributed by atoms with E-state index in [2.05, 4.69) is 21.0 Å². The molecule has 0 saturated heterocycles. The molecule has 1 heterocycles. The molecule has 2 N–H and O–H groups in total. The molecule has 0 spiro atoms. The van der Waals surface area contributed by atoms with Crippen molar-refractivity contribution >= 4 is 15.9 Å². The van der Waals surface area contributed by atoms with E-state index in [0.717, 1.165) is 16.5 Å². The van der Waals surface area contributed by atoms with Crippen LogP contribution in [-0.4, -0.2) is 15.8 Å². The minimum absolute atomic E-state index is 0.104. The summed E-state index contributed by atoms with van der Waals surface area (Å²) in [5.74, 6) is -0.228. The lowest BCUT2D eigenvalue weighted by Crippen LogP contribution is -2.17. The number of halogens is 2. The number of aromatic nitrogens is 2.